The summed E-state index contributed by atoms with van der Waals surface area (Å²) < 4.78 is 0. The second-order valence-corrected chi connectivity index (χ2v) is 5.75. The Morgan fingerprint density at radius 2 is 1.83 bits per heavy atom. The van der Waals surface area contributed by atoms with Gasteiger partial charge in [-0.2, -0.15) is 0 Å². The number of aryl methyl sites for hydroxylation is 1. The molecule has 0 radical (unpaired) electrons. The zero-order valence-corrected chi connectivity index (χ0v) is 11.2. The van der Waals surface area contributed by atoms with Gasteiger partial charge in [0.2, 0.25) is 0 Å². The molecular formula is C15H23N3. The van der Waals surface area contributed by atoms with E-state index in [0.717, 1.165) is 19.1 Å². The summed E-state index contributed by atoms with van der Waals surface area (Å²) in [6.07, 6.45) is 2.40. The number of piperazine rings is 1. The minimum Gasteiger partial charge on any atom is -0.369 e. The molecule has 2 N–H and O–H groups in total. The minimum atomic E-state index is 0.463. The van der Waals surface area contributed by atoms with E-state index >= 15 is 0 Å². The number of benzene rings is 1. The van der Waals surface area contributed by atoms with Crippen molar-refractivity contribution in [1.82, 2.24) is 4.90 Å². The molecule has 0 unspecified atom stereocenters. The zero-order valence-electron chi connectivity index (χ0n) is 11.2. The van der Waals surface area contributed by atoms with Crippen molar-refractivity contribution in [3.63, 3.8) is 0 Å². The predicted molar refractivity (Wildman–Crippen MR) is 76.0 cm³/mol. The van der Waals surface area contributed by atoms with Crippen LogP contribution in [0.2, 0.25) is 0 Å². The zero-order chi connectivity index (χ0) is 12.5. The van der Waals surface area contributed by atoms with Gasteiger partial charge in [0.1, 0.15) is 0 Å². The molecule has 3 rings (SSSR count). The van der Waals surface area contributed by atoms with Crippen molar-refractivity contribution in [2.75, 3.05) is 31.1 Å². The highest BCUT2D eigenvalue weighted by Crippen LogP contribution is 2.26. The first-order valence-electron chi connectivity index (χ1n) is 7.03. The van der Waals surface area contributed by atoms with Crippen LogP contribution in [0, 0.1) is 6.92 Å². The van der Waals surface area contributed by atoms with Crippen molar-refractivity contribution in [2.24, 2.45) is 5.73 Å². The molecule has 1 heterocycles. The van der Waals surface area contributed by atoms with Crippen LogP contribution in [0.4, 0.5) is 5.69 Å². The number of nitrogens with zero attached hydrogens (tertiary/aromatic N) is 2. The van der Waals surface area contributed by atoms with Gasteiger partial charge < -0.3 is 10.6 Å². The topological polar surface area (TPSA) is 32.5 Å². The van der Waals surface area contributed by atoms with E-state index < -0.39 is 0 Å². The van der Waals surface area contributed by atoms with Crippen LogP contribution in [-0.2, 0) is 0 Å². The molecule has 3 heteroatoms. The molecular weight excluding hydrogens is 222 g/mol. The largest absolute Gasteiger partial charge is 0.369 e. The van der Waals surface area contributed by atoms with Crippen LogP contribution < -0.4 is 10.6 Å². The summed E-state index contributed by atoms with van der Waals surface area (Å²) >= 11 is 0. The molecule has 0 spiro atoms. The summed E-state index contributed by atoms with van der Waals surface area (Å²) in [5, 5.41) is 0. The van der Waals surface area contributed by atoms with Gasteiger partial charge in [-0.15, -0.1) is 0 Å². The Kier molecular flexibility index (Phi) is 3.27. The van der Waals surface area contributed by atoms with Crippen LogP contribution >= 0.6 is 0 Å². The van der Waals surface area contributed by atoms with Crippen LogP contribution in [0.5, 0.6) is 0 Å². The molecule has 1 aromatic rings. The number of hydrogen-bond acceptors (Lipinski definition) is 3. The van der Waals surface area contributed by atoms with Gasteiger partial charge in [-0.1, -0.05) is 12.1 Å². The molecule has 18 heavy (non-hydrogen) atoms. The van der Waals surface area contributed by atoms with E-state index in [1.165, 1.54) is 37.2 Å². The summed E-state index contributed by atoms with van der Waals surface area (Å²) in [6, 6.07) is 10.1. The molecule has 0 amide bonds. The van der Waals surface area contributed by atoms with Crippen LogP contribution in [0.15, 0.2) is 24.3 Å². The molecule has 0 bridgehead atoms. The molecule has 0 aromatic heterocycles. The summed E-state index contributed by atoms with van der Waals surface area (Å²) in [5.41, 5.74) is 8.60. The van der Waals surface area contributed by atoms with Crippen molar-refractivity contribution in [3.05, 3.63) is 29.8 Å². The molecule has 1 saturated carbocycles. The highest BCUT2D eigenvalue weighted by molar-refractivity contribution is 5.48. The highest BCUT2D eigenvalue weighted by Gasteiger charge is 2.32. The summed E-state index contributed by atoms with van der Waals surface area (Å²) in [7, 11) is 0. The second kappa shape index (κ2) is 4.90. The Morgan fingerprint density at radius 3 is 2.44 bits per heavy atom. The Morgan fingerprint density at radius 1 is 1.11 bits per heavy atom. The van der Waals surface area contributed by atoms with E-state index in [1.54, 1.807) is 0 Å². The maximum atomic E-state index is 5.87. The number of hydrogen-bond donors (Lipinski definition) is 1. The third-order valence-electron chi connectivity index (χ3n) is 4.35. The Hall–Kier alpha value is -1.06. The standard InChI is InChI=1S/C15H23N3/c1-12-3-2-4-14(9-12)17-5-7-18(8-6-17)15-10-13(16)11-15/h2-4,9,13,15H,5-8,10-11,16H2,1H3. The van der Waals surface area contributed by atoms with E-state index in [4.69, 9.17) is 5.73 Å². The first kappa shape index (κ1) is 12.0. The van der Waals surface area contributed by atoms with E-state index in [0.29, 0.717) is 6.04 Å². The van der Waals surface area contributed by atoms with E-state index in [1.807, 2.05) is 0 Å². The number of nitrogens with two attached hydrogens (primary N) is 1. The quantitative estimate of drug-likeness (QED) is 0.859. The average molecular weight is 245 g/mol. The molecule has 98 valence electrons. The third kappa shape index (κ3) is 2.38. The summed E-state index contributed by atoms with van der Waals surface area (Å²) in [4.78, 5) is 5.12. The van der Waals surface area contributed by atoms with E-state index in [2.05, 4.69) is 41.0 Å². The maximum absolute atomic E-state index is 5.87. The second-order valence-electron chi connectivity index (χ2n) is 5.75. The summed E-state index contributed by atoms with van der Waals surface area (Å²) in [5.74, 6) is 0. The lowest BCUT2D eigenvalue weighted by Crippen LogP contribution is -2.56. The van der Waals surface area contributed by atoms with Gasteiger partial charge in [0.25, 0.3) is 0 Å². The lowest BCUT2D eigenvalue weighted by Gasteiger charge is -2.45. The monoisotopic (exact) mass is 245 g/mol. The predicted octanol–water partition coefficient (Wildman–Crippen LogP) is 1.61. The fourth-order valence-corrected chi connectivity index (χ4v) is 3.10. The first-order valence-corrected chi connectivity index (χ1v) is 7.03. The van der Waals surface area contributed by atoms with Gasteiger partial charge in [-0.25, -0.2) is 0 Å². The van der Waals surface area contributed by atoms with Crippen molar-refractivity contribution in [2.45, 2.75) is 31.8 Å². The Balaban J connectivity index is 1.57. The van der Waals surface area contributed by atoms with Crippen LogP contribution in [-0.4, -0.2) is 43.2 Å². The highest BCUT2D eigenvalue weighted by atomic mass is 15.3. The van der Waals surface area contributed by atoms with Crippen molar-refractivity contribution < 1.29 is 0 Å². The lowest BCUT2D eigenvalue weighted by atomic mass is 9.86. The van der Waals surface area contributed by atoms with Gasteiger partial charge in [0, 0.05) is 44.0 Å². The molecule has 1 aliphatic heterocycles. The van der Waals surface area contributed by atoms with Crippen molar-refractivity contribution in [3.8, 4) is 0 Å². The molecule has 2 aliphatic rings. The van der Waals surface area contributed by atoms with Gasteiger partial charge in [0.15, 0.2) is 0 Å². The number of rotatable bonds is 2. The molecule has 1 aromatic carbocycles. The van der Waals surface area contributed by atoms with Gasteiger partial charge >= 0.3 is 0 Å². The molecule has 2 fully saturated rings. The van der Waals surface area contributed by atoms with Crippen molar-refractivity contribution >= 4 is 5.69 Å². The van der Waals surface area contributed by atoms with Gasteiger partial charge in [-0.3, -0.25) is 4.90 Å². The number of anilines is 1. The van der Waals surface area contributed by atoms with Crippen molar-refractivity contribution in [1.29, 1.82) is 0 Å². The fraction of sp³-hybridized carbons (Fsp3) is 0.600. The fourth-order valence-electron chi connectivity index (χ4n) is 3.10. The normalized spacial score (nSPS) is 29.1. The Labute approximate surface area is 110 Å². The molecule has 0 atom stereocenters. The van der Waals surface area contributed by atoms with E-state index in [9.17, 15) is 0 Å². The minimum absolute atomic E-state index is 0.463. The molecule has 1 saturated heterocycles. The lowest BCUT2D eigenvalue weighted by molar-refractivity contribution is 0.104. The average Bonchev–Trinajstić information content (AvgIpc) is 2.35. The molecule has 1 aliphatic carbocycles. The van der Waals surface area contributed by atoms with E-state index in [-0.39, 0.29) is 0 Å². The smallest absolute Gasteiger partial charge is 0.0369 e. The third-order valence-corrected chi connectivity index (χ3v) is 4.35. The van der Waals surface area contributed by atoms with Crippen LogP contribution in [0.3, 0.4) is 0 Å². The van der Waals surface area contributed by atoms with Gasteiger partial charge in [-0.05, 0) is 37.5 Å². The maximum Gasteiger partial charge on any atom is 0.0369 e. The first-order chi connectivity index (χ1) is 8.72. The van der Waals surface area contributed by atoms with Gasteiger partial charge in [0.05, 0.1) is 0 Å². The van der Waals surface area contributed by atoms with Crippen LogP contribution in [0.1, 0.15) is 18.4 Å². The van der Waals surface area contributed by atoms with Crippen LogP contribution in [0.25, 0.3) is 0 Å². The SMILES string of the molecule is Cc1cccc(N2CCN(C3CC(N)C3)CC2)c1. The Bertz CT molecular complexity index is 404. The summed E-state index contributed by atoms with van der Waals surface area (Å²) in [6.45, 7) is 6.83. The molecule has 3 nitrogen and oxygen atoms in total.